The molecule has 2 rings (SSSR count). The summed E-state index contributed by atoms with van der Waals surface area (Å²) in [5.74, 6) is 1.55. The van der Waals surface area contributed by atoms with Crippen LogP contribution in [0.4, 0.5) is 5.69 Å². The van der Waals surface area contributed by atoms with Crippen LogP contribution in [0.2, 0.25) is 0 Å². The third-order valence-electron chi connectivity index (χ3n) is 3.50. The van der Waals surface area contributed by atoms with Crippen molar-refractivity contribution in [3.8, 4) is 0 Å². The quantitative estimate of drug-likeness (QED) is 0.505. The van der Waals surface area contributed by atoms with Gasteiger partial charge in [-0.2, -0.15) is 0 Å². The molecule has 1 aromatic carbocycles. The molecule has 0 radical (unpaired) electrons. The van der Waals surface area contributed by atoms with E-state index < -0.39 is 0 Å². The predicted molar refractivity (Wildman–Crippen MR) is 73.8 cm³/mol. The zero-order valence-corrected chi connectivity index (χ0v) is 11.1. The van der Waals surface area contributed by atoms with Crippen molar-refractivity contribution in [2.45, 2.75) is 36.6 Å². The Kier molecular flexibility index (Phi) is 4.60. The molecular formula is C13H18N2O2S. The Morgan fingerprint density at radius 2 is 1.94 bits per heavy atom. The number of rotatable bonds is 5. The van der Waals surface area contributed by atoms with Gasteiger partial charge in [0.25, 0.3) is 5.69 Å². The van der Waals surface area contributed by atoms with Crippen molar-refractivity contribution in [3.05, 3.63) is 34.4 Å². The summed E-state index contributed by atoms with van der Waals surface area (Å²) in [5, 5.41) is 10.5. The van der Waals surface area contributed by atoms with Gasteiger partial charge in [-0.05, 0) is 30.9 Å². The fourth-order valence-electron chi connectivity index (χ4n) is 2.38. The number of thioether (sulfide) groups is 1. The molecule has 0 saturated heterocycles. The SMILES string of the molecule is NC(CSc1ccc([N+](=O)[O-])cc1)C1CCCC1. The van der Waals surface area contributed by atoms with Crippen LogP contribution in [0.25, 0.3) is 0 Å². The lowest BCUT2D eigenvalue weighted by Crippen LogP contribution is -2.30. The minimum Gasteiger partial charge on any atom is -0.327 e. The summed E-state index contributed by atoms with van der Waals surface area (Å²) in [6, 6.07) is 6.92. The summed E-state index contributed by atoms with van der Waals surface area (Å²) >= 11 is 1.69. The van der Waals surface area contributed by atoms with Gasteiger partial charge in [-0.25, -0.2) is 0 Å². The first kappa shape index (κ1) is 13.4. The van der Waals surface area contributed by atoms with Crippen LogP contribution in [-0.4, -0.2) is 16.7 Å². The Morgan fingerprint density at radius 1 is 1.33 bits per heavy atom. The van der Waals surface area contributed by atoms with Gasteiger partial charge < -0.3 is 5.73 Å². The van der Waals surface area contributed by atoms with Gasteiger partial charge in [0.05, 0.1) is 4.92 Å². The lowest BCUT2D eigenvalue weighted by molar-refractivity contribution is -0.384. The largest absolute Gasteiger partial charge is 0.327 e. The van der Waals surface area contributed by atoms with E-state index >= 15 is 0 Å². The molecule has 18 heavy (non-hydrogen) atoms. The number of nitro groups is 1. The normalized spacial score (nSPS) is 17.8. The van der Waals surface area contributed by atoms with Crippen molar-refractivity contribution in [2.24, 2.45) is 11.7 Å². The Hall–Kier alpha value is -1.07. The summed E-state index contributed by atoms with van der Waals surface area (Å²) in [7, 11) is 0. The van der Waals surface area contributed by atoms with Crippen LogP contribution in [0.15, 0.2) is 29.2 Å². The van der Waals surface area contributed by atoms with Gasteiger partial charge in [0, 0.05) is 28.8 Å². The maximum Gasteiger partial charge on any atom is 0.269 e. The second kappa shape index (κ2) is 6.20. The van der Waals surface area contributed by atoms with Crippen LogP contribution in [-0.2, 0) is 0 Å². The first-order chi connectivity index (χ1) is 8.66. The monoisotopic (exact) mass is 266 g/mol. The molecular weight excluding hydrogens is 248 g/mol. The van der Waals surface area contributed by atoms with Crippen LogP contribution in [0.1, 0.15) is 25.7 Å². The number of hydrogen-bond acceptors (Lipinski definition) is 4. The van der Waals surface area contributed by atoms with Gasteiger partial charge >= 0.3 is 0 Å². The Labute approximate surface area is 111 Å². The minimum absolute atomic E-state index is 0.138. The smallest absolute Gasteiger partial charge is 0.269 e. The van der Waals surface area contributed by atoms with E-state index in [0.717, 1.165) is 10.6 Å². The lowest BCUT2D eigenvalue weighted by atomic mass is 10.0. The fourth-order valence-corrected chi connectivity index (χ4v) is 3.36. The molecule has 1 fully saturated rings. The molecule has 4 nitrogen and oxygen atoms in total. The van der Waals surface area contributed by atoms with Crippen LogP contribution < -0.4 is 5.73 Å². The molecule has 0 bridgehead atoms. The van der Waals surface area contributed by atoms with Crippen molar-refractivity contribution < 1.29 is 4.92 Å². The number of benzene rings is 1. The molecule has 0 amide bonds. The van der Waals surface area contributed by atoms with Gasteiger partial charge in [-0.3, -0.25) is 10.1 Å². The average molecular weight is 266 g/mol. The molecule has 98 valence electrons. The molecule has 5 heteroatoms. The molecule has 0 aromatic heterocycles. The third-order valence-corrected chi connectivity index (χ3v) is 4.65. The molecule has 1 atom stereocenters. The summed E-state index contributed by atoms with van der Waals surface area (Å²) in [6.45, 7) is 0. The molecule has 2 N–H and O–H groups in total. The zero-order valence-electron chi connectivity index (χ0n) is 10.2. The van der Waals surface area contributed by atoms with Gasteiger partial charge in [0.1, 0.15) is 0 Å². The minimum atomic E-state index is -0.376. The van der Waals surface area contributed by atoms with E-state index in [1.807, 2.05) is 0 Å². The summed E-state index contributed by atoms with van der Waals surface area (Å²) in [6.07, 6.45) is 5.12. The summed E-state index contributed by atoms with van der Waals surface area (Å²) in [5.41, 5.74) is 6.31. The number of nitrogens with zero attached hydrogens (tertiary/aromatic N) is 1. The molecule has 0 heterocycles. The van der Waals surface area contributed by atoms with Crippen molar-refractivity contribution in [1.29, 1.82) is 0 Å². The molecule has 1 unspecified atom stereocenters. The van der Waals surface area contributed by atoms with E-state index in [2.05, 4.69) is 0 Å². The summed E-state index contributed by atoms with van der Waals surface area (Å²) < 4.78 is 0. The lowest BCUT2D eigenvalue weighted by Gasteiger charge is -2.18. The number of hydrogen-bond donors (Lipinski definition) is 1. The Balaban J connectivity index is 1.84. The molecule has 1 saturated carbocycles. The molecule has 1 aliphatic carbocycles. The highest BCUT2D eigenvalue weighted by atomic mass is 32.2. The van der Waals surface area contributed by atoms with Gasteiger partial charge in [0.2, 0.25) is 0 Å². The topological polar surface area (TPSA) is 69.2 Å². The number of nitrogens with two attached hydrogens (primary N) is 1. The molecule has 1 aromatic rings. The standard InChI is InChI=1S/C13H18N2O2S/c14-13(10-3-1-2-4-10)9-18-12-7-5-11(6-8-12)15(16)17/h5-8,10,13H,1-4,9,14H2. The number of non-ortho nitro benzene ring substituents is 1. The van der Waals surface area contributed by atoms with Crippen molar-refractivity contribution >= 4 is 17.4 Å². The fraction of sp³-hybridized carbons (Fsp3) is 0.538. The zero-order chi connectivity index (χ0) is 13.0. The Morgan fingerprint density at radius 3 is 2.50 bits per heavy atom. The second-order valence-corrected chi connectivity index (χ2v) is 5.86. The Bertz CT molecular complexity index is 402. The summed E-state index contributed by atoms with van der Waals surface area (Å²) in [4.78, 5) is 11.2. The highest BCUT2D eigenvalue weighted by Crippen LogP contribution is 2.30. The van der Waals surface area contributed by atoms with E-state index in [1.165, 1.54) is 25.7 Å². The molecule has 0 aliphatic heterocycles. The predicted octanol–water partition coefficient (Wildman–Crippen LogP) is 3.20. The highest BCUT2D eigenvalue weighted by Gasteiger charge is 2.21. The third kappa shape index (κ3) is 3.46. The molecule has 0 spiro atoms. The van der Waals surface area contributed by atoms with Gasteiger partial charge in [-0.15, -0.1) is 11.8 Å². The highest BCUT2D eigenvalue weighted by molar-refractivity contribution is 7.99. The van der Waals surface area contributed by atoms with Crippen molar-refractivity contribution in [3.63, 3.8) is 0 Å². The number of nitro benzene ring substituents is 1. The van der Waals surface area contributed by atoms with Crippen LogP contribution >= 0.6 is 11.8 Å². The van der Waals surface area contributed by atoms with E-state index in [9.17, 15) is 10.1 Å². The van der Waals surface area contributed by atoms with Crippen LogP contribution in [0.5, 0.6) is 0 Å². The van der Waals surface area contributed by atoms with E-state index in [-0.39, 0.29) is 16.7 Å². The molecule has 1 aliphatic rings. The van der Waals surface area contributed by atoms with Gasteiger partial charge in [-0.1, -0.05) is 12.8 Å². The first-order valence-corrected chi connectivity index (χ1v) is 7.28. The van der Waals surface area contributed by atoms with E-state index in [4.69, 9.17) is 5.73 Å². The van der Waals surface area contributed by atoms with Gasteiger partial charge in [0.15, 0.2) is 0 Å². The average Bonchev–Trinajstić information content (AvgIpc) is 2.90. The van der Waals surface area contributed by atoms with Crippen molar-refractivity contribution in [2.75, 3.05) is 5.75 Å². The van der Waals surface area contributed by atoms with E-state index in [0.29, 0.717) is 5.92 Å². The second-order valence-electron chi connectivity index (χ2n) is 4.77. The maximum absolute atomic E-state index is 10.5. The first-order valence-electron chi connectivity index (χ1n) is 6.29. The maximum atomic E-state index is 10.5. The van der Waals surface area contributed by atoms with Crippen LogP contribution in [0, 0.1) is 16.0 Å². The van der Waals surface area contributed by atoms with Crippen LogP contribution in [0.3, 0.4) is 0 Å². The van der Waals surface area contributed by atoms with E-state index in [1.54, 1.807) is 36.0 Å². The van der Waals surface area contributed by atoms with Crippen molar-refractivity contribution in [1.82, 2.24) is 0 Å².